The lowest BCUT2D eigenvalue weighted by Gasteiger charge is -2.39. The third-order valence-corrected chi connectivity index (χ3v) is 5.08. The maximum atomic E-state index is 12.2. The summed E-state index contributed by atoms with van der Waals surface area (Å²) in [5, 5.41) is 13.5. The standard InChI is InChI=1S/C16H24N4O4/c1-10-14(17-9-24-10)16(23)18-12-3-4-13(15(12)22)20-7-5-19(6-8-20)11(2)21/h9,12-13,15,22H,3-8H2,1-2H3,(H,18,23)/t12-,13-,15-/m1/s1. The average molecular weight is 336 g/mol. The second kappa shape index (κ2) is 6.90. The molecule has 1 saturated heterocycles. The molecule has 0 radical (unpaired) electrons. The largest absolute Gasteiger partial charge is 0.448 e. The zero-order chi connectivity index (χ0) is 17.3. The Hall–Kier alpha value is -1.93. The Balaban J connectivity index is 1.55. The summed E-state index contributed by atoms with van der Waals surface area (Å²) < 4.78 is 5.05. The van der Waals surface area contributed by atoms with Crippen LogP contribution in [0.15, 0.2) is 10.8 Å². The summed E-state index contributed by atoms with van der Waals surface area (Å²) in [6.07, 6.45) is 2.17. The molecule has 8 nitrogen and oxygen atoms in total. The predicted octanol–water partition coefficient (Wildman–Crippen LogP) is -0.231. The molecule has 132 valence electrons. The smallest absolute Gasteiger partial charge is 0.273 e. The van der Waals surface area contributed by atoms with Crippen LogP contribution < -0.4 is 5.32 Å². The number of hydrogen-bond donors (Lipinski definition) is 2. The first-order valence-corrected chi connectivity index (χ1v) is 8.36. The fourth-order valence-corrected chi connectivity index (χ4v) is 3.64. The number of hydrogen-bond acceptors (Lipinski definition) is 6. The highest BCUT2D eigenvalue weighted by atomic mass is 16.3. The number of amides is 2. The van der Waals surface area contributed by atoms with Crippen molar-refractivity contribution in [1.82, 2.24) is 20.1 Å². The molecule has 8 heteroatoms. The molecule has 1 aromatic heterocycles. The van der Waals surface area contributed by atoms with Crippen LogP contribution in [0.3, 0.4) is 0 Å². The van der Waals surface area contributed by atoms with Gasteiger partial charge in [-0.2, -0.15) is 0 Å². The topological polar surface area (TPSA) is 98.9 Å². The number of piperazine rings is 1. The monoisotopic (exact) mass is 336 g/mol. The Kier molecular flexibility index (Phi) is 4.86. The van der Waals surface area contributed by atoms with Gasteiger partial charge in [0.2, 0.25) is 5.91 Å². The number of carbonyl (C=O) groups is 2. The molecule has 0 unspecified atom stereocenters. The first-order valence-electron chi connectivity index (χ1n) is 8.36. The lowest BCUT2D eigenvalue weighted by atomic mass is 10.1. The van der Waals surface area contributed by atoms with Gasteiger partial charge >= 0.3 is 0 Å². The number of aliphatic hydroxyl groups is 1. The highest BCUT2D eigenvalue weighted by Gasteiger charge is 2.40. The molecular formula is C16H24N4O4. The van der Waals surface area contributed by atoms with Gasteiger partial charge in [0.15, 0.2) is 12.1 Å². The number of nitrogens with one attached hydrogen (secondary N) is 1. The molecule has 2 fully saturated rings. The van der Waals surface area contributed by atoms with Gasteiger partial charge in [0, 0.05) is 39.1 Å². The molecule has 24 heavy (non-hydrogen) atoms. The van der Waals surface area contributed by atoms with E-state index in [0.29, 0.717) is 18.8 Å². The second-order valence-corrected chi connectivity index (χ2v) is 6.51. The molecule has 1 aromatic rings. The maximum Gasteiger partial charge on any atom is 0.273 e. The van der Waals surface area contributed by atoms with Crippen LogP contribution in [-0.2, 0) is 4.79 Å². The van der Waals surface area contributed by atoms with Crippen molar-refractivity contribution >= 4 is 11.8 Å². The molecule has 2 N–H and O–H groups in total. The Bertz CT molecular complexity index is 609. The Labute approximate surface area is 140 Å². The van der Waals surface area contributed by atoms with Crippen LogP contribution in [-0.4, -0.2) is 76.1 Å². The first kappa shape index (κ1) is 16.9. The summed E-state index contributed by atoms with van der Waals surface area (Å²) >= 11 is 0. The van der Waals surface area contributed by atoms with Gasteiger partial charge in [-0.3, -0.25) is 14.5 Å². The summed E-state index contributed by atoms with van der Waals surface area (Å²) in [6.45, 7) is 6.15. The quantitative estimate of drug-likeness (QED) is 0.791. The zero-order valence-electron chi connectivity index (χ0n) is 14.1. The van der Waals surface area contributed by atoms with Crippen molar-refractivity contribution in [2.24, 2.45) is 0 Å². The maximum absolute atomic E-state index is 12.2. The molecule has 3 atom stereocenters. The number of carbonyl (C=O) groups excluding carboxylic acids is 2. The van der Waals surface area contributed by atoms with E-state index in [-0.39, 0.29) is 29.6 Å². The van der Waals surface area contributed by atoms with Gasteiger partial charge in [-0.25, -0.2) is 4.98 Å². The van der Waals surface area contributed by atoms with E-state index < -0.39 is 6.10 Å². The average Bonchev–Trinajstić information content (AvgIpc) is 3.14. The van der Waals surface area contributed by atoms with Gasteiger partial charge in [-0.1, -0.05) is 0 Å². The van der Waals surface area contributed by atoms with Gasteiger partial charge < -0.3 is 19.7 Å². The fourth-order valence-electron chi connectivity index (χ4n) is 3.64. The number of aromatic nitrogens is 1. The van der Waals surface area contributed by atoms with Crippen molar-refractivity contribution in [2.75, 3.05) is 26.2 Å². The van der Waals surface area contributed by atoms with E-state index in [1.807, 2.05) is 4.90 Å². The Morgan fingerprint density at radius 3 is 2.58 bits per heavy atom. The highest BCUT2D eigenvalue weighted by molar-refractivity contribution is 5.93. The van der Waals surface area contributed by atoms with Gasteiger partial charge in [0.1, 0.15) is 5.76 Å². The van der Waals surface area contributed by atoms with E-state index in [1.54, 1.807) is 13.8 Å². The lowest BCUT2D eigenvalue weighted by Crippen LogP contribution is -2.55. The van der Waals surface area contributed by atoms with E-state index in [1.165, 1.54) is 6.39 Å². The van der Waals surface area contributed by atoms with E-state index in [9.17, 15) is 14.7 Å². The lowest BCUT2D eigenvalue weighted by molar-refractivity contribution is -0.131. The van der Waals surface area contributed by atoms with Crippen molar-refractivity contribution < 1.29 is 19.1 Å². The summed E-state index contributed by atoms with van der Waals surface area (Å²) in [5.74, 6) is 0.249. The minimum absolute atomic E-state index is 0.0165. The van der Waals surface area contributed by atoms with Crippen molar-refractivity contribution in [2.45, 2.75) is 44.9 Å². The molecular weight excluding hydrogens is 312 g/mol. The SMILES string of the molecule is CC(=O)N1CCN([C@@H]2CC[C@@H](NC(=O)c3ncoc3C)[C@H]2O)CC1. The summed E-state index contributed by atoms with van der Waals surface area (Å²) in [6, 6.07) is -0.271. The van der Waals surface area contributed by atoms with Crippen LogP contribution in [0.25, 0.3) is 0 Å². The zero-order valence-corrected chi connectivity index (χ0v) is 14.1. The minimum Gasteiger partial charge on any atom is -0.448 e. The Morgan fingerprint density at radius 1 is 1.29 bits per heavy atom. The van der Waals surface area contributed by atoms with Gasteiger partial charge in [0.25, 0.3) is 5.91 Å². The summed E-state index contributed by atoms with van der Waals surface area (Å²) in [5.41, 5.74) is 0.265. The molecule has 0 bridgehead atoms. The molecule has 1 aliphatic carbocycles. The van der Waals surface area contributed by atoms with Crippen molar-refractivity contribution in [1.29, 1.82) is 0 Å². The first-order chi connectivity index (χ1) is 11.5. The van der Waals surface area contributed by atoms with E-state index in [4.69, 9.17) is 4.42 Å². The van der Waals surface area contributed by atoms with Crippen LogP contribution >= 0.6 is 0 Å². The molecule has 1 saturated carbocycles. The highest BCUT2D eigenvalue weighted by Crippen LogP contribution is 2.26. The molecule has 2 heterocycles. The summed E-state index contributed by atoms with van der Waals surface area (Å²) in [4.78, 5) is 31.6. The summed E-state index contributed by atoms with van der Waals surface area (Å²) in [7, 11) is 0. The molecule has 0 aromatic carbocycles. The number of rotatable bonds is 3. The number of aliphatic hydroxyl groups excluding tert-OH is 1. The Morgan fingerprint density at radius 2 is 2.00 bits per heavy atom. The molecule has 3 rings (SSSR count). The molecule has 0 spiro atoms. The fraction of sp³-hybridized carbons (Fsp3) is 0.688. The normalized spacial score (nSPS) is 28.1. The van der Waals surface area contributed by atoms with E-state index >= 15 is 0 Å². The minimum atomic E-state index is -0.620. The van der Waals surface area contributed by atoms with Gasteiger partial charge in [0.05, 0.1) is 12.1 Å². The number of nitrogens with zero attached hydrogens (tertiary/aromatic N) is 3. The number of aryl methyl sites for hydroxylation is 1. The second-order valence-electron chi connectivity index (χ2n) is 6.51. The van der Waals surface area contributed by atoms with Crippen LogP contribution in [0.4, 0.5) is 0 Å². The van der Waals surface area contributed by atoms with Crippen LogP contribution in [0.2, 0.25) is 0 Å². The third-order valence-electron chi connectivity index (χ3n) is 5.08. The van der Waals surface area contributed by atoms with Crippen LogP contribution in [0.1, 0.15) is 36.0 Å². The third kappa shape index (κ3) is 3.29. The molecule has 2 amide bonds. The molecule has 2 aliphatic rings. The van der Waals surface area contributed by atoms with Crippen molar-refractivity contribution in [3.8, 4) is 0 Å². The van der Waals surface area contributed by atoms with Crippen LogP contribution in [0.5, 0.6) is 0 Å². The number of oxazole rings is 1. The predicted molar refractivity (Wildman–Crippen MR) is 85.4 cm³/mol. The van der Waals surface area contributed by atoms with Gasteiger partial charge in [-0.15, -0.1) is 0 Å². The van der Waals surface area contributed by atoms with Crippen molar-refractivity contribution in [3.63, 3.8) is 0 Å². The van der Waals surface area contributed by atoms with E-state index in [0.717, 1.165) is 25.9 Å². The van der Waals surface area contributed by atoms with Crippen molar-refractivity contribution in [3.05, 3.63) is 17.8 Å². The van der Waals surface area contributed by atoms with Crippen LogP contribution in [0, 0.1) is 6.92 Å². The molecule has 1 aliphatic heterocycles. The van der Waals surface area contributed by atoms with E-state index in [2.05, 4.69) is 15.2 Å². The van der Waals surface area contributed by atoms with Gasteiger partial charge in [-0.05, 0) is 19.8 Å².